The third-order valence-electron chi connectivity index (χ3n) is 4.05. The largest absolute Gasteiger partial charge is 0.299 e. The summed E-state index contributed by atoms with van der Waals surface area (Å²) in [6.07, 6.45) is 3.90. The number of hydrogen-bond acceptors (Lipinski definition) is 3. The zero-order valence-electron chi connectivity index (χ0n) is 10.9. The summed E-state index contributed by atoms with van der Waals surface area (Å²) in [5.41, 5.74) is 1.03. The Bertz CT molecular complexity index is 399. The minimum absolute atomic E-state index is 0.283. The van der Waals surface area contributed by atoms with Crippen molar-refractivity contribution in [3.8, 4) is 0 Å². The van der Waals surface area contributed by atoms with E-state index in [0.29, 0.717) is 18.1 Å². The van der Waals surface area contributed by atoms with Crippen molar-refractivity contribution in [2.45, 2.75) is 46.5 Å². The third-order valence-corrected chi connectivity index (χ3v) is 5.01. The summed E-state index contributed by atoms with van der Waals surface area (Å²) in [6, 6.07) is 0. The molecule has 1 fully saturated rings. The highest BCUT2D eigenvalue weighted by Crippen LogP contribution is 2.34. The highest BCUT2D eigenvalue weighted by molar-refractivity contribution is 7.09. The van der Waals surface area contributed by atoms with Gasteiger partial charge in [0, 0.05) is 17.0 Å². The lowest BCUT2D eigenvalue weighted by Gasteiger charge is -2.31. The van der Waals surface area contributed by atoms with Gasteiger partial charge in [-0.25, -0.2) is 4.98 Å². The molecule has 0 aliphatic heterocycles. The molecule has 1 aromatic heterocycles. The second-order valence-electron chi connectivity index (χ2n) is 5.49. The van der Waals surface area contributed by atoms with E-state index in [0.717, 1.165) is 29.5 Å². The monoisotopic (exact) mass is 251 g/mol. The number of Topliss-reactive ketones (excluding diaryl/α,β-unsaturated/α-hetero) is 1. The first-order chi connectivity index (χ1) is 8.06. The average molecular weight is 251 g/mol. The van der Waals surface area contributed by atoms with Crippen molar-refractivity contribution < 1.29 is 4.79 Å². The Morgan fingerprint density at radius 2 is 2.18 bits per heavy atom. The van der Waals surface area contributed by atoms with Crippen LogP contribution in [0.5, 0.6) is 0 Å². The van der Waals surface area contributed by atoms with Crippen molar-refractivity contribution in [1.29, 1.82) is 0 Å². The van der Waals surface area contributed by atoms with Crippen LogP contribution in [0.25, 0.3) is 0 Å². The SMILES string of the molecule is Cc1csc(CC(=O)C2CCC(C)C(C)C2)n1. The van der Waals surface area contributed by atoms with E-state index in [9.17, 15) is 4.79 Å². The number of thiazole rings is 1. The zero-order valence-corrected chi connectivity index (χ0v) is 11.7. The third kappa shape index (κ3) is 3.15. The Hall–Kier alpha value is -0.700. The van der Waals surface area contributed by atoms with Crippen LogP contribution in [0.3, 0.4) is 0 Å². The normalized spacial score (nSPS) is 29.2. The van der Waals surface area contributed by atoms with E-state index in [1.54, 1.807) is 11.3 Å². The van der Waals surface area contributed by atoms with Gasteiger partial charge in [0.1, 0.15) is 10.8 Å². The molecule has 17 heavy (non-hydrogen) atoms. The van der Waals surface area contributed by atoms with Crippen molar-refractivity contribution in [3.63, 3.8) is 0 Å². The molecule has 0 saturated heterocycles. The predicted octanol–water partition coefficient (Wildman–Crippen LogP) is 3.64. The van der Waals surface area contributed by atoms with Gasteiger partial charge in [0.25, 0.3) is 0 Å². The quantitative estimate of drug-likeness (QED) is 0.821. The molecule has 3 atom stereocenters. The summed E-state index contributed by atoms with van der Waals surface area (Å²) in [5.74, 6) is 2.15. The van der Waals surface area contributed by atoms with Crippen molar-refractivity contribution in [2.24, 2.45) is 17.8 Å². The number of carbonyl (C=O) groups is 1. The van der Waals surface area contributed by atoms with Crippen LogP contribution < -0.4 is 0 Å². The van der Waals surface area contributed by atoms with E-state index in [2.05, 4.69) is 18.8 Å². The molecular formula is C14H21NOS. The first kappa shape index (κ1) is 12.7. The maximum Gasteiger partial charge on any atom is 0.142 e. The summed E-state index contributed by atoms with van der Waals surface area (Å²) in [6.45, 7) is 6.56. The van der Waals surface area contributed by atoms with E-state index in [1.165, 1.54) is 6.42 Å². The molecule has 1 aliphatic rings. The van der Waals surface area contributed by atoms with Gasteiger partial charge < -0.3 is 0 Å². The summed E-state index contributed by atoms with van der Waals surface area (Å²) < 4.78 is 0. The van der Waals surface area contributed by atoms with Gasteiger partial charge in [-0.3, -0.25) is 4.79 Å². The van der Waals surface area contributed by atoms with Crippen LogP contribution in [0.4, 0.5) is 0 Å². The predicted molar refractivity (Wildman–Crippen MR) is 71.2 cm³/mol. The molecule has 2 rings (SSSR count). The maximum absolute atomic E-state index is 12.2. The molecule has 0 spiro atoms. The van der Waals surface area contributed by atoms with Gasteiger partial charge in [-0.1, -0.05) is 13.8 Å². The topological polar surface area (TPSA) is 30.0 Å². The molecule has 1 aromatic rings. The summed E-state index contributed by atoms with van der Waals surface area (Å²) >= 11 is 1.61. The number of rotatable bonds is 3. The van der Waals surface area contributed by atoms with E-state index in [1.807, 2.05) is 12.3 Å². The van der Waals surface area contributed by atoms with Crippen LogP contribution in [0.15, 0.2) is 5.38 Å². The van der Waals surface area contributed by atoms with Gasteiger partial charge in [-0.05, 0) is 38.0 Å². The number of nitrogens with zero attached hydrogens (tertiary/aromatic N) is 1. The molecule has 0 radical (unpaired) electrons. The van der Waals surface area contributed by atoms with E-state index in [-0.39, 0.29) is 5.92 Å². The Morgan fingerprint density at radius 1 is 1.41 bits per heavy atom. The fraction of sp³-hybridized carbons (Fsp3) is 0.714. The smallest absolute Gasteiger partial charge is 0.142 e. The van der Waals surface area contributed by atoms with E-state index in [4.69, 9.17) is 0 Å². The molecule has 3 heteroatoms. The lowest BCUT2D eigenvalue weighted by molar-refractivity contribution is -0.123. The molecule has 1 aliphatic carbocycles. The molecule has 1 saturated carbocycles. The standard InChI is InChI=1S/C14H21NOS/c1-9-4-5-12(6-10(9)2)13(16)7-14-15-11(3)8-17-14/h8-10,12H,4-7H2,1-3H3. The second kappa shape index (κ2) is 5.30. The average Bonchev–Trinajstić information content (AvgIpc) is 2.68. The molecule has 3 unspecified atom stereocenters. The summed E-state index contributed by atoms with van der Waals surface area (Å²) in [4.78, 5) is 16.6. The molecule has 1 heterocycles. The number of aryl methyl sites for hydroxylation is 1. The highest BCUT2D eigenvalue weighted by Gasteiger charge is 2.29. The first-order valence-corrected chi connectivity index (χ1v) is 7.38. The van der Waals surface area contributed by atoms with Crippen molar-refractivity contribution in [2.75, 3.05) is 0 Å². The first-order valence-electron chi connectivity index (χ1n) is 6.50. The summed E-state index contributed by atoms with van der Waals surface area (Å²) in [7, 11) is 0. The van der Waals surface area contributed by atoms with Crippen LogP contribution >= 0.6 is 11.3 Å². The van der Waals surface area contributed by atoms with Crippen LogP contribution in [0.2, 0.25) is 0 Å². The van der Waals surface area contributed by atoms with Crippen molar-refractivity contribution in [3.05, 3.63) is 16.1 Å². The van der Waals surface area contributed by atoms with Crippen LogP contribution in [0, 0.1) is 24.7 Å². The molecule has 94 valence electrons. The number of ketones is 1. The molecule has 2 nitrogen and oxygen atoms in total. The Labute approximate surface area is 107 Å². The van der Waals surface area contributed by atoms with Crippen LogP contribution in [0.1, 0.15) is 43.8 Å². The number of hydrogen-bond donors (Lipinski definition) is 0. The highest BCUT2D eigenvalue weighted by atomic mass is 32.1. The van der Waals surface area contributed by atoms with Crippen molar-refractivity contribution in [1.82, 2.24) is 4.98 Å². The molecule has 0 N–H and O–H groups in total. The van der Waals surface area contributed by atoms with Gasteiger partial charge >= 0.3 is 0 Å². The number of carbonyl (C=O) groups excluding carboxylic acids is 1. The summed E-state index contributed by atoms with van der Waals surface area (Å²) in [5, 5.41) is 3.01. The molecule has 0 bridgehead atoms. The van der Waals surface area contributed by atoms with Gasteiger partial charge in [0.2, 0.25) is 0 Å². The Balaban J connectivity index is 1.92. The van der Waals surface area contributed by atoms with Gasteiger partial charge in [0.05, 0.1) is 6.42 Å². The second-order valence-corrected chi connectivity index (χ2v) is 6.43. The van der Waals surface area contributed by atoms with Gasteiger partial charge in [-0.15, -0.1) is 11.3 Å². The van der Waals surface area contributed by atoms with E-state index < -0.39 is 0 Å². The maximum atomic E-state index is 12.2. The molecule has 0 amide bonds. The lowest BCUT2D eigenvalue weighted by Crippen LogP contribution is -2.27. The Kier molecular flexibility index (Phi) is 3.97. The minimum Gasteiger partial charge on any atom is -0.299 e. The number of aromatic nitrogens is 1. The fourth-order valence-corrected chi connectivity index (χ4v) is 3.40. The molecule has 0 aromatic carbocycles. The van der Waals surface area contributed by atoms with Gasteiger partial charge in [-0.2, -0.15) is 0 Å². The fourth-order valence-electron chi connectivity index (χ4n) is 2.62. The van der Waals surface area contributed by atoms with Crippen molar-refractivity contribution >= 4 is 17.1 Å². The Morgan fingerprint density at radius 3 is 2.76 bits per heavy atom. The lowest BCUT2D eigenvalue weighted by atomic mass is 9.74. The van der Waals surface area contributed by atoms with E-state index >= 15 is 0 Å². The molecular weight excluding hydrogens is 230 g/mol. The zero-order chi connectivity index (χ0) is 12.4. The van der Waals surface area contributed by atoms with Crippen LogP contribution in [-0.2, 0) is 11.2 Å². The minimum atomic E-state index is 0.283. The van der Waals surface area contributed by atoms with Crippen LogP contribution in [-0.4, -0.2) is 10.8 Å². The van der Waals surface area contributed by atoms with Gasteiger partial charge in [0.15, 0.2) is 0 Å².